The van der Waals surface area contributed by atoms with Crippen molar-refractivity contribution < 1.29 is 80.8 Å². The number of nitrogens with two attached hydrogens (primary N) is 1. The number of nitrogen functional groups attached to an aromatic ring is 1. The zero-order chi connectivity index (χ0) is 36.1. The largest absolute Gasteiger partial charge is 0.481 e. The Morgan fingerprint density at radius 1 is 1.15 bits per heavy atom. The Balaban J connectivity index is 1.61. The number of thioether (sulfide) groups is 1. The van der Waals surface area contributed by atoms with E-state index in [0.717, 1.165) is 29.0 Å². The van der Waals surface area contributed by atoms with E-state index >= 15 is 0 Å². The van der Waals surface area contributed by atoms with Crippen LogP contribution in [0.2, 0.25) is 0 Å². The van der Waals surface area contributed by atoms with Gasteiger partial charge in [0, 0.05) is 24.1 Å². The number of amides is 1. The highest BCUT2D eigenvalue weighted by Crippen LogP contribution is 2.61. The Labute approximate surface area is 275 Å². The van der Waals surface area contributed by atoms with Gasteiger partial charge in [-0.1, -0.05) is 25.6 Å². The number of nitrogens with one attached hydrogen (secondary N) is 1. The number of aromatic nitrogens is 4. The number of carbonyl (C=O) groups is 2. The molecule has 0 saturated carbocycles. The van der Waals surface area contributed by atoms with Gasteiger partial charge in [-0.2, -0.15) is 4.31 Å². The van der Waals surface area contributed by atoms with Crippen LogP contribution in [-0.2, 0) is 45.9 Å². The molecule has 23 nitrogen and oxygen atoms in total. The molecule has 2 unspecified atom stereocenters. The van der Waals surface area contributed by atoms with Crippen molar-refractivity contribution in [3.8, 4) is 0 Å². The summed E-state index contributed by atoms with van der Waals surface area (Å²) in [6.45, 7) is 0.142. The van der Waals surface area contributed by atoms with E-state index in [4.69, 9.17) is 24.6 Å². The number of anilines is 1. The molecule has 27 heteroatoms. The summed E-state index contributed by atoms with van der Waals surface area (Å²) >= 11 is 0.854. The Morgan fingerprint density at radius 2 is 1.81 bits per heavy atom. The van der Waals surface area contributed by atoms with Crippen molar-refractivity contribution in [2.75, 3.05) is 37.9 Å². The van der Waals surface area contributed by atoms with Gasteiger partial charge in [-0.05, 0) is 0 Å². The van der Waals surface area contributed by atoms with E-state index in [9.17, 15) is 53.1 Å². The van der Waals surface area contributed by atoms with Crippen molar-refractivity contribution in [2.24, 2.45) is 5.41 Å². The molecule has 0 aliphatic carbocycles. The summed E-state index contributed by atoms with van der Waals surface area (Å²) in [6.07, 6.45) is -6.78. The lowest BCUT2D eigenvalue weighted by molar-refractivity contribution is -0.136. The molecule has 2 aromatic heterocycles. The number of nitrogens with zero attached hydrogens (tertiary/aromatic N) is 4. The van der Waals surface area contributed by atoms with Crippen molar-refractivity contribution in [3.05, 3.63) is 12.7 Å². The van der Waals surface area contributed by atoms with Gasteiger partial charge in [0.25, 0.3) is 0 Å². The highest BCUT2D eigenvalue weighted by Gasteiger charge is 2.50. The highest BCUT2D eigenvalue weighted by atomic mass is 32.2. The number of aliphatic hydroxyl groups is 3. The number of carbonyl (C=O) groups excluding carboxylic acids is 2. The van der Waals surface area contributed by atoms with E-state index in [2.05, 4.69) is 29.1 Å². The van der Waals surface area contributed by atoms with Gasteiger partial charge in [0.2, 0.25) is 5.91 Å². The normalized spacial score (nSPS) is 23.4. The Morgan fingerprint density at radius 3 is 2.46 bits per heavy atom. The van der Waals surface area contributed by atoms with Crippen molar-refractivity contribution in [1.29, 1.82) is 0 Å². The minimum Gasteiger partial charge on any atom is -0.396 e. The first-order chi connectivity index (χ1) is 22.2. The molecule has 1 aliphatic heterocycles. The number of fused-ring (bicyclic) bond motifs is 1. The Hall–Kier alpha value is -1.95. The zero-order valence-electron chi connectivity index (χ0n) is 25.1. The van der Waals surface area contributed by atoms with Crippen molar-refractivity contribution in [2.45, 2.75) is 50.9 Å². The van der Waals surface area contributed by atoms with Gasteiger partial charge in [-0.3, -0.25) is 27.7 Å². The average Bonchev–Trinajstić information content (AvgIpc) is 3.54. The van der Waals surface area contributed by atoms with Crippen LogP contribution in [-0.4, -0.2) is 122 Å². The van der Waals surface area contributed by atoms with Crippen LogP contribution in [0.15, 0.2) is 12.7 Å². The van der Waals surface area contributed by atoms with Crippen LogP contribution in [0, 0.1) is 5.41 Å². The smallest absolute Gasteiger partial charge is 0.396 e. The van der Waals surface area contributed by atoms with Crippen LogP contribution in [0.5, 0.6) is 0 Å². The molecular formula is C21H35N6O17P3S. The number of rotatable bonds is 18. The molecule has 10 N–H and O–H groups in total. The maximum atomic E-state index is 12.6. The van der Waals surface area contributed by atoms with Crippen LogP contribution in [0.4, 0.5) is 5.82 Å². The molecule has 1 fully saturated rings. The number of ether oxygens (including phenoxy) is 1. The first kappa shape index (κ1) is 40.5. The minimum atomic E-state index is -5.54. The molecule has 2 aromatic rings. The second kappa shape index (κ2) is 16.4. The Kier molecular flexibility index (Phi) is 13.8. The summed E-state index contributed by atoms with van der Waals surface area (Å²) in [6, 6.07) is 0. The second-order valence-corrected chi connectivity index (χ2v) is 16.1. The van der Waals surface area contributed by atoms with Crippen LogP contribution in [0.1, 0.15) is 26.5 Å². The van der Waals surface area contributed by atoms with Crippen molar-refractivity contribution in [3.63, 3.8) is 0 Å². The maximum absolute atomic E-state index is 12.6. The van der Waals surface area contributed by atoms with Gasteiger partial charge in [0.05, 0.1) is 26.1 Å². The molecule has 0 aromatic carbocycles. The second-order valence-electron chi connectivity index (χ2n) is 10.7. The summed E-state index contributed by atoms with van der Waals surface area (Å²) in [5.74, 6) is -0.825. The fourth-order valence-electron chi connectivity index (χ4n) is 4.07. The monoisotopic (exact) mass is 768 g/mol. The number of phosphoric ester groups is 3. The summed E-state index contributed by atoms with van der Waals surface area (Å²) in [7, 11) is -16.3. The van der Waals surface area contributed by atoms with E-state index < -0.39 is 78.6 Å². The molecule has 48 heavy (non-hydrogen) atoms. The highest BCUT2D eigenvalue weighted by molar-refractivity contribution is 8.13. The van der Waals surface area contributed by atoms with Gasteiger partial charge in [-0.25, -0.2) is 28.6 Å². The van der Waals surface area contributed by atoms with Gasteiger partial charge in [0.1, 0.15) is 36.3 Å². The van der Waals surface area contributed by atoms with Crippen LogP contribution in [0.3, 0.4) is 0 Å². The summed E-state index contributed by atoms with van der Waals surface area (Å²) in [5, 5.41) is 31.9. The number of imidazole rings is 1. The zero-order valence-corrected chi connectivity index (χ0v) is 28.6. The lowest BCUT2D eigenvalue weighted by atomic mass is 9.87. The van der Waals surface area contributed by atoms with E-state index in [-0.39, 0.29) is 47.4 Å². The van der Waals surface area contributed by atoms with Crippen molar-refractivity contribution >= 4 is 63.2 Å². The SMILES string of the molecule is CC(C)(COP(=O)(O)OP(=O)(O)OC[C@H]1O[C@@H](n2cnc3c(N)ncnc32)[C@H](O)[C@@H]1OP(=O)(O)O)[C@H](O)C(=O)NCCC(=O)SCCO. The van der Waals surface area contributed by atoms with Gasteiger partial charge in [-0.15, -0.1) is 0 Å². The van der Waals surface area contributed by atoms with Crippen molar-refractivity contribution in [1.82, 2.24) is 24.8 Å². The van der Waals surface area contributed by atoms with E-state index in [1.54, 1.807) is 0 Å². The fourth-order valence-corrected chi connectivity index (χ4v) is 7.47. The van der Waals surface area contributed by atoms with E-state index in [1.807, 2.05) is 0 Å². The molecule has 272 valence electrons. The molecule has 1 saturated heterocycles. The molecule has 1 aliphatic rings. The molecule has 0 radical (unpaired) electrons. The first-order valence-corrected chi connectivity index (χ1v) is 19.1. The lowest BCUT2D eigenvalue weighted by Crippen LogP contribution is -2.46. The molecule has 0 spiro atoms. The standard InChI is InChI=1S/C21H35N6O17P3S/c1-21(2,16(31)19(32)23-4-3-12(29)48-6-5-28)8-41-47(38,39)44-46(36,37)40-7-11-15(43-45(33,34)35)14(30)20(42-11)27-10-26-13-17(22)24-9-25-18(13)27/h9-11,14-16,20,28,30-31H,3-8H2,1-2H3,(H,23,32)(H,36,37)(H,38,39)(H2,22,24,25)(H2,33,34,35)/t11-,14-,15-,16-,20-/m1/s1. The predicted octanol–water partition coefficient (Wildman–Crippen LogP) is -1.46. The summed E-state index contributed by atoms with van der Waals surface area (Å²) in [4.78, 5) is 74.6. The fraction of sp³-hybridized carbons (Fsp3) is 0.667. The quantitative estimate of drug-likeness (QED) is 0.0782. The molecule has 7 atom stereocenters. The van der Waals surface area contributed by atoms with E-state index in [1.165, 1.54) is 13.8 Å². The number of hydrogen-bond acceptors (Lipinski definition) is 18. The number of phosphoric acid groups is 3. The first-order valence-electron chi connectivity index (χ1n) is 13.5. The minimum absolute atomic E-state index is 0.0338. The topological polar surface area (TPSA) is 355 Å². The summed E-state index contributed by atoms with van der Waals surface area (Å²) in [5.41, 5.74) is 4.28. The molecular weight excluding hydrogens is 733 g/mol. The summed E-state index contributed by atoms with van der Waals surface area (Å²) < 4.78 is 61.6. The third-order valence-corrected chi connectivity index (χ3v) is 10.4. The maximum Gasteiger partial charge on any atom is 0.481 e. The van der Waals surface area contributed by atoms with Crippen LogP contribution in [0.25, 0.3) is 11.2 Å². The average molecular weight is 769 g/mol. The predicted molar refractivity (Wildman–Crippen MR) is 161 cm³/mol. The third kappa shape index (κ3) is 11.3. The lowest BCUT2D eigenvalue weighted by Gasteiger charge is -2.30. The van der Waals surface area contributed by atoms with Gasteiger partial charge >= 0.3 is 23.5 Å². The molecule has 1 amide bonds. The molecule has 3 heterocycles. The van der Waals surface area contributed by atoms with Crippen LogP contribution < -0.4 is 11.1 Å². The molecule has 3 rings (SSSR count). The Bertz CT molecular complexity index is 1590. The third-order valence-electron chi connectivity index (χ3n) is 6.41. The molecule has 0 bridgehead atoms. The van der Waals surface area contributed by atoms with Gasteiger partial charge in [0.15, 0.2) is 22.8 Å². The van der Waals surface area contributed by atoms with Crippen LogP contribution >= 0.6 is 35.2 Å². The number of hydrogen-bond donors (Lipinski definition) is 9. The number of aliphatic hydroxyl groups excluding tert-OH is 3. The van der Waals surface area contributed by atoms with E-state index in [0.29, 0.717) is 0 Å². The van der Waals surface area contributed by atoms with Gasteiger partial charge < -0.3 is 50.7 Å².